The summed E-state index contributed by atoms with van der Waals surface area (Å²) in [5.74, 6) is -0.239. The lowest BCUT2D eigenvalue weighted by atomic mass is 10.0. The van der Waals surface area contributed by atoms with Gasteiger partial charge in [0.2, 0.25) is 0 Å². The van der Waals surface area contributed by atoms with Crippen molar-refractivity contribution in [2.45, 2.75) is 0 Å². The molecule has 0 aliphatic carbocycles. The van der Waals surface area contributed by atoms with Gasteiger partial charge >= 0.3 is 0 Å². The first-order valence-electron chi connectivity index (χ1n) is 9.90. The van der Waals surface area contributed by atoms with Crippen molar-refractivity contribution >= 4 is 34.6 Å². The summed E-state index contributed by atoms with van der Waals surface area (Å²) in [5.41, 5.74) is 4.71. The maximum atomic E-state index is 12.5. The van der Waals surface area contributed by atoms with E-state index in [1.54, 1.807) is 12.1 Å². The number of benzene rings is 3. The van der Waals surface area contributed by atoms with E-state index in [-0.39, 0.29) is 11.0 Å². The summed E-state index contributed by atoms with van der Waals surface area (Å²) < 4.78 is 5.39. The third-order valence-electron chi connectivity index (χ3n) is 4.98. The van der Waals surface area contributed by atoms with E-state index in [9.17, 15) is 4.79 Å². The van der Waals surface area contributed by atoms with Gasteiger partial charge in [-0.1, -0.05) is 42.5 Å². The third-order valence-corrected chi connectivity index (χ3v) is 5.19. The number of thiocarbonyl (C=S) groups is 1. The molecule has 1 aliphatic rings. The highest BCUT2D eigenvalue weighted by Gasteiger charge is 2.12. The van der Waals surface area contributed by atoms with Crippen LogP contribution in [0.15, 0.2) is 78.9 Å². The summed E-state index contributed by atoms with van der Waals surface area (Å²) in [5, 5.41) is 6.07. The van der Waals surface area contributed by atoms with Crippen LogP contribution < -0.4 is 15.5 Å². The minimum absolute atomic E-state index is 0.239. The van der Waals surface area contributed by atoms with Gasteiger partial charge in [0.1, 0.15) is 0 Å². The lowest BCUT2D eigenvalue weighted by Gasteiger charge is -2.28. The van der Waals surface area contributed by atoms with Crippen LogP contribution in [-0.2, 0) is 4.74 Å². The SMILES string of the molecule is O=C(NC(=S)Nc1ccc(N2CCOCC2)cc1)c1ccc(-c2ccccc2)cc1. The number of hydrogen-bond acceptors (Lipinski definition) is 4. The minimum Gasteiger partial charge on any atom is -0.378 e. The first-order chi connectivity index (χ1) is 14.7. The molecule has 0 spiro atoms. The summed E-state index contributed by atoms with van der Waals surface area (Å²) in [6.45, 7) is 3.29. The molecule has 3 aromatic rings. The number of rotatable bonds is 4. The van der Waals surface area contributed by atoms with E-state index in [0.29, 0.717) is 5.56 Å². The Morgan fingerprint density at radius 3 is 2.13 bits per heavy atom. The van der Waals surface area contributed by atoms with Crippen LogP contribution in [0.3, 0.4) is 0 Å². The number of ether oxygens (including phenoxy) is 1. The van der Waals surface area contributed by atoms with Crippen molar-refractivity contribution in [1.29, 1.82) is 0 Å². The monoisotopic (exact) mass is 417 g/mol. The molecule has 30 heavy (non-hydrogen) atoms. The molecule has 4 rings (SSSR count). The van der Waals surface area contributed by atoms with Crippen LogP contribution in [0.2, 0.25) is 0 Å². The molecule has 1 aliphatic heterocycles. The van der Waals surface area contributed by atoms with E-state index in [1.807, 2.05) is 66.7 Å². The lowest BCUT2D eigenvalue weighted by Crippen LogP contribution is -2.36. The fraction of sp³-hybridized carbons (Fsp3) is 0.167. The topological polar surface area (TPSA) is 53.6 Å². The molecule has 3 aromatic carbocycles. The van der Waals surface area contributed by atoms with Crippen molar-refractivity contribution < 1.29 is 9.53 Å². The molecule has 152 valence electrons. The minimum atomic E-state index is -0.239. The fourth-order valence-corrected chi connectivity index (χ4v) is 3.57. The summed E-state index contributed by atoms with van der Waals surface area (Å²) in [7, 11) is 0. The van der Waals surface area contributed by atoms with E-state index in [4.69, 9.17) is 17.0 Å². The highest BCUT2D eigenvalue weighted by molar-refractivity contribution is 7.80. The van der Waals surface area contributed by atoms with Gasteiger partial charge in [-0.3, -0.25) is 10.1 Å². The smallest absolute Gasteiger partial charge is 0.257 e. The Kier molecular flexibility index (Phi) is 6.37. The zero-order chi connectivity index (χ0) is 20.8. The maximum Gasteiger partial charge on any atom is 0.257 e. The van der Waals surface area contributed by atoms with Gasteiger partial charge in [0, 0.05) is 30.0 Å². The molecule has 0 saturated carbocycles. The number of carbonyl (C=O) groups excluding carboxylic acids is 1. The van der Waals surface area contributed by atoms with Crippen LogP contribution in [0.1, 0.15) is 10.4 Å². The molecule has 6 heteroatoms. The summed E-state index contributed by atoms with van der Waals surface area (Å²) in [6.07, 6.45) is 0. The van der Waals surface area contributed by atoms with E-state index in [0.717, 1.165) is 48.8 Å². The zero-order valence-corrected chi connectivity index (χ0v) is 17.3. The quantitative estimate of drug-likeness (QED) is 0.620. The Morgan fingerprint density at radius 2 is 1.47 bits per heavy atom. The molecule has 1 saturated heterocycles. The van der Waals surface area contributed by atoms with Crippen LogP contribution >= 0.6 is 12.2 Å². The number of nitrogens with one attached hydrogen (secondary N) is 2. The van der Waals surface area contributed by atoms with Crippen molar-refractivity contribution in [2.75, 3.05) is 36.5 Å². The van der Waals surface area contributed by atoms with Crippen LogP contribution in [0.4, 0.5) is 11.4 Å². The molecule has 1 amide bonds. The first-order valence-corrected chi connectivity index (χ1v) is 10.3. The van der Waals surface area contributed by atoms with Gasteiger partial charge in [0.15, 0.2) is 5.11 Å². The van der Waals surface area contributed by atoms with Crippen molar-refractivity contribution in [3.8, 4) is 11.1 Å². The molecule has 0 bridgehead atoms. The van der Waals surface area contributed by atoms with Gasteiger partial charge in [-0.15, -0.1) is 0 Å². The molecule has 2 N–H and O–H groups in total. The van der Waals surface area contributed by atoms with Crippen molar-refractivity contribution in [3.05, 3.63) is 84.4 Å². The van der Waals surface area contributed by atoms with Gasteiger partial charge in [-0.2, -0.15) is 0 Å². The molecule has 5 nitrogen and oxygen atoms in total. The summed E-state index contributed by atoms with van der Waals surface area (Å²) in [6, 6.07) is 25.5. The molecule has 0 atom stereocenters. The predicted octanol–water partition coefficient (Wildman–Crippen LogP) is 4.32. The fourth-order valence-electron chi connectivity index (χ4n) is 3.36. The molecule has 1 fully saturated rings. The summed E-state index contributed by atoms with van der Waals surface area (Å²) in [4.78, 5) is 14.8. The Balaban J connectivity index is 1.33. The molecule has 0 unspecified atom stereocenters. The normalized spacial score (nSPS) is 13.5. The molecular weight excluding hydrogens is 394 g/mol. The van der Waals surface area contributed by atoms with Gasteiger partial charge < -0.3 is 15.0 Å². The number of morpholine rings is 1. The molecule has 1 heterocycles. The second kappa shape index (κ2) is 9.52. The Labute approximate surface area is 181 Å². The number of nitrogens with zero attached hydrogens (tertiary/aromatic N) is 1. The average Bonchev–Trinajstić information content (AvgIpc) is 2.81. The summed E-state index contributed by atoms with van der Waals surface area (Å²) >= 11 is 5.30. The van der Waals surface area contributed by atoms with E-state index in [1.165, 1.54) is 0 Å². The van der Waals surface area contributed by atoms with E-state index >= 15 is 0 Å². The van der Waals surface area contributed by atoms with E-state index in [2.05, 4.69) is 15.5 Å². The van der Waals surface area contributed by atoms with Gasteiger partial charge in [0.25, 0.3) is 5.91 Å². The van der Waals surface area contributed by atoms with Crippen molar-refractivity contribution in [1.82, 2.24) is 5.32 Å². The van der Waals surface area contributed by atoms with Crippen LogP contribution in [-0.4, -0.2) is 37.3 Å². The van der Waals surface area contributed by atoms with Crippen molar-refractivity contribution in [2.24, 2.45) is 0 Å². The highest BCUT2D eigenvalue weighted by Crippen LogP contribution is 2.20. The second-order valence-corrected chi connectivity index (χ2v) is 7.41. The van der Waals surface area contributed by atoms with Crippen LogP contribution in [0.5, 0.6) is 0 Å². The van der Waals surface area contributed by atoms with Gasteiger partial charge in [-0.05, 0) is 59.7 Å². The second-order valence-electron chi connectivity index (χ2n) is 7.00. The standard InChI is InChI=1S/C24H23N3O2S/c28-23(20-8-6-19(7-9-20)18-4-2-1-3-5-18)26-24(30)25-21-10-12-22(13-11-21)27-14-16-29-17-15-27/h1-13H,14-17H2,(H2,25,26,28,30). The molecule has 0 radical (unpaired) electrons. The maximum absolute atomic E-state index is 12.5. The van der Waals surface area contributed by atoms with Crippen molar-refractivity contribution in [3.63, 3.8) is 0 Å². The van der Waals surface area contributed by atoms with Gasteiger partial charge in [-0.25, -0.2) is 0 Å². The number of anilines is 2. The largest absolute Gasteiger partial charge is 0.378 e. The number of amides is 1. The Hall–Kier alpha value is -3.22. The number of hydrogen-bond donors (Lipinski definition) is 2. The lowest BCUT2D eigenvalue weighted by molar-refractivity contribution is 0.0977. The molecular formula is C24H23N3O2S. The zero-order valence-electron chi connectivity index (χ0n) is 16.5. The Morgan fingerprint density at radius 1 is 0.833 bits per heavy atom. The number of carbonyl (C=O) groups is 1. The van der Waals surface area contributed by atoms with Crippen LogP contribution in [0.25, 0.3) is 11.1 Å². The highest BCUT2D eigenvalue weighted by atomic mass is 32.1. The Bertz CT molecular complexity index is 999. The average molecular weight is 418 g/mol. The molecule has 0 aromatic heterocycles. The first kappa shape index (κ1) is 20.1. The van der Waals surface area contributed by atoms with E-state index < -0.39 is 0 Å². The third kappa shape index (κ3) is 5.03. The predicted molar refractivity (Wildman–Crippen MR) is 125 cm³/mol. The van der Waals surface area contributed by atoms with Crippen LogP contribution in [0, 0.1) is 0 Å². The van der Waals surface area contributed by atoms with Gasteiger partial charge in [0.05, 0.1) is 13.2 Å².